The van der Waals surface area contributed by atoms with Crippen molar-refractivity contribution in [1.29, 1.82) is 0 Å². The largest absolute Gasteiger partial charge is 0.491 e. The number of nitro groups is 1. The third-order valence-corrected chi connectivity index (χ3v) is 4.29. The van der Waals surface area contributed by atoms with Gasteiger partial charge in [0.1, 0.15) is 11.6 Å². The van der Waals surface area contributed by atoms with Crippen LogP contribution in [0.1, 0.15) is 41.6 Å². The second-order valence-corrected chi connectivity index (χ2v) is 6.22. The standard InChI is InChI=1S/C21H26N4O3/c1-4-22-11-12-24-20-10-7-17(25(26)27)14-19(20)23-21(24)13-16-5-8-18(9-6-16)28-15(2)3/h5-10,14-15,22H,4,11-13H2,1-3H3/i2D3,3D3,15D. The van der Waals surface area contributed by atoms with Crippen molar-refractivity contribution in [3.63, 3.8) is 0 Å². The molecular formula is C21H26N4O3. The van der Waals surface area contributed by atoms with E-state index < -0.39 is 24.7 Å². The number of non-ortho nitro benzene ring substituents is 1. The van der Waals surface area contributed by atoms with Crippen molar-refractivity contribution in [2.45, 2.75) is 39.7 Å². The summed E-state index contributed by atoms with van der Waals surface area (Å²) in [4.78, 5) is 15.3. The number of ether oxygens (including phenoxy) is 1. The van der Waals surface area contributed by atoms with E-state index >= 15 is 0 Å². The van der Waals surface area contributed by atoms with E-state index in [0.717, 1.165) is 17.6 Å². The van der Waals surface area contributed by atoms with Crippen molar-refractivity contribution in [2.24, 2.45) is 0 Å². The first-order chi connectivity index (χ1) is 16.3. The van der Waals surface area contributed by atoms with Gasteiger partial charge in [-0.25, -0.2) is 4.98 Å². The Morgan fingerprint density at radius 1 is 1.32 bits per heavy atom. The predicted octanol–water partition coefficient (Wildman–Crippen LogP) is 3.93. The maximum Gasteiger partial charge on any atom is 0.271 e. The highest BCUT2D eigenvalue weighted by atomic mass is 16.6. The van der Waals surface area contributed by atoms with Gasteiger partial charge in [-0.05, 0) is 44.0 Å². The van der Waals surface area contributed by atoms with Crippen LogP contribution in [-0.4, -0.2) is 33.6 Å². The van der Waals surface area contributed by atoms with Gasteiger partial charge >= 0.3 is 0 Å². The molecule has 3 rings (SSSR count). The second kappa shape index (κ2) is 8.84. The summed E-state index contributed by atoms with van der Waals surface area (Å²) in [6.45, 7) is -2.34. The summed E-state index contributed by atoms with van der Waals surface area (Å²) < 4.78 is 60.0. The zero-order chi connectivity index (χ0) is 26.0. The smallest absolute Gasteiger partial charge is 0.271 e. The van der Waals surface area contributed by atoms with Crippen LogP contribution in [0, 0.1) is 10.1 Å². The summed E-state index contributed by atoms with van der Waals surface area (Å²) in [7, 11) is 0. The van der Waals surface area contributed by atoms with Crippen LogP contribution in [0.4, 0.5) is 5.69 Å². The molecule has 1 aromatic heterocycles. The average Bonchev–Trinajstić information content (AvgIpc) is 3.10. The molecule has 0 aliphatic rings. The molecule has 0 saturated heterocycles. The van der Waals surface area contributed by atoms with Crippen molar-refractivity contribution < 1.29 is 19.3 Å². The van der Waals surface area contributed by atoms with Crippen molar-refractivity contribution >= 4 is 16.7 Å². The highest BCUT2D eigenvalue weighted by Gasteiger charge is 2.15. The highest BCUT2D eigenvalue weighted by molar-refractivity contribution is 5.78. The number of hydrogen-bond donors (Lipinski definition) is 1. The van der Waals surface area contributed by atoms with E-state index in [9.17, 15) is 10.1 Å². The minimum atomic E-state index is -3.20. The van der Waals surface area contributed by atoms with Crippen molar-refractivity contribution in [2.75, 3.05) is 13.1 Å². The summed E-state index contributed by atoms with van der Waals surface area (Å²) in [6, 6.07) is 10.6. The van der Waals surface area contributed by atoms with Crippen molar-refractivity contribution in [3.05, 3.63) is 64.0 Å². The van der Waals surface area contributed by atoms with Crippen molar-refractivity contribution in [1.82, 2.24) is 14.9 Å². The van der Waals surface area contributed by atoms with Crippen LogP contribution in [0.2, 0.25) is 0 Å². The number of likely N-dealkylation sites (N-methyl/N-ethyl adjacent to an activating group) is 1. The fourth-order valence-corrected chi connectivity index (χ4v) is 3.01. The number of aromatic nitrogens is 2. The molecule has 0 atom stereocenters. The molecule has 0 bridgehead atoms. The Bertz CT molecular complexity index is 1180. The Balaban J connectivity index is 1.89. The minimum absolute atomic E-state index is 0.0516. The number of rotatable bonds is 9. The van der Waals surface area contributed by atoms with Gasteiger partial charge in [0.2, 0.25) is 0 Å². The number of nitrogens with one attached hydrogen (secondary N) is 1. The zero-order valence-corrected chi connectivity index (χ0v) is 15.4. The summed E-state index contributed by atoms with van der Waals surface area (Å²) in [5, 5.41) is 14.4. The Morgan fingerprint density at radius 2 is 2.11 bits per heavy atom. The molecule has 0 aliphatic carbocycles. The zero-order valence-electron chi connectivity index (χ0n) is 22.4. The quantitative estimate of drug-likeness (QED) is 0.341. The number of hydrogen-bond acceptors (Lipinski definition) is 5. The third-order valence-electron chi connectivity index (χ3n) is 4.29. The molecule has 0 fully saturated rings. The number of nitrogens with zero attached hydrogens (tertiary/aromatic N) is 3. The first-order valence-electron chi connectivity index (χ1n) is 12.4. The van der Waals surface area contributed by atoms with Crippen LogP contribution in [0.3, 0.4) is 0 Å². The minimum Gasteiger partial charge on any atom is -0.491 e. The lowest BCUT2D eigenvalue weighted by atomic mass is 10.1. The van der Waals surface area contributed by atoms with Gasteiger partial charge in [0.15, 0.2) is 0 Å². The molecule has 148 valence electrons. The van der Waals surface area contributed by atoms with E-state index in [0.29, 0.717) is 30.9 Å². The maximum atomic E-state index is 11.2. The second-order valence-electron chi connectivity index (χ2n) is 6.22. The average molecular weight is 390 g/mol. The molecule has 0 unspecified atom stereocenters. The maximum absolute atomic E-state index is 11.2. The van der Waals surface area contributed by atoms with Gasteiger partial charge in [0.25, 0.3) is 5.69 Å². The number of imidazole rings is 1. The summed E-state index contributed by atoms with van der Waals surface area (Å²) >= 11 is 0. The molecule has 3 aromatic rings. The van der Waals surface area contributed by atoms with Gasteiger partial charge in [-0.1, -0.05) is 19.1 Å². The summed E-state index contributed by atoms with van der Waals surface area (Å²) in [5.41, 5.74) is 1.98. The molecule has 2 aromatic carbocycles. The lowest BCUT2D eigenvalue weighted by Crippen LogP contribution is -2.20. The highest BCUT2D eigenvalue weighted by Crippen LogP contribution is 2.24. The molecule has 7 heteroatoms. The normalized spacial score (nSPS) is 16.2. The molecule has 28 heavy (non-hydrogen) atoms. The Labute approximate surface area is 174 Å². The molecule has 0 radical (unpaired) electrons. The molecular weight excluding hydrogens is 356 g/mol. The molecule has 1 N–H and O–H groups in total. The lowest BCUT2D eigenvalue weighted by Gasteiger charge is -2.11. The van der Waals surface area contributed by atoms with Crippen LogP contribution in [0.5, 0.6) is 5.75 Å². The van der Waals surface area contributed by atoms with E-state index in [1.165, 1.54) is 24.3 Å². The topological polar surface area (TPSA) is 82.2 Å². The van der Waals surface area contributed by atoms with Crippen LogP contribution in [-0.2, 0) is 13.0 Å². The van der Waals surface area contributed by atoms with Gasteiger partial charge in [-0.3, -0.25) is 10.1 Å². The molecule has 7 nitrogen and oxygen atoms in total. The third kappa shape index (κ3) is 4.67. The lowest BCUT2D eigenvalue weighted by molar-refractivity contribution is -0.384. The molecule has 0 spiro atoms. The SMILES string of the molecule is [2H]C([2H])([2H])C([2H])(Oc1ccc(Cc2nc3cc([N+](=O)[O-])ccc3n2CCNCC)cc1)C([2H])([2H])[2H]. The number of nitro benzene ring substituents is 1. The van der Waals surface area contributed by atoms with Gasteiger partial charge < -0.3 is 14.6 Å². The van der Waals surface area contributed by atoms with Gasteiger partial charge in [-0.15, -0.1) is 0 Å². The molecule has 0 saturated carbocycles. The van der Waals surface area contributed by atoms with Crippen LogP contribution in [0.15, 0.2) is 42.5 Å². The van der Waals surface area contributed by atoms with Crippen LogP contribution >= 0.6 is 0 Å². The van der Waals surface area contributed by atoms with Crippen molar-refractivity contribution in [3.8, 4) is 5.75 Å². The van der Waals surface area contributed by atoms with Gasteiger partial charge in [0, 0.05) is 39.9 Å². The first kappa shape index (κ1) is 12.5. The van der Waals surface area contributed by atoms with Gasteiger partial charge in [0.05, 0.1) is 23.4 Å². The Hall–Kier alpha value is -2.93. The van der Waals surface area contributed by atoms with Crippen LogP contribution in [0.25, 0.3) is 11.0 Å². The Kier molecular flexibility index (Phi) is 3.95. The van der Waals surface area contributed by atoms with E-state index in [4.69, 9.17) is 14.3 Å². The summed E-state index contributed by atoms with van der Waals surface area (Å²) in [5.74, 6) is 0.610. The summed E-state index contributed by atoms with van der Waals surface area (Å²) in [6.07, 6.45) is -2.75. The van der Waals surface area contributed by atoms with E-state index in [-0.39, 0.29) is 11.4 Å². The van der Waals surface area contributed by atoms with E-state index in [1.54, 1.807) is 18.2 Å². The molecule has 0 aliphatic heterocycles. The fourth-order valence-electron chi connectivity index (χ4n) is 3.01. The number of benzene rings is 2. The monoisotopic (exact) mass is 389 g/mol. The fraction of sp³-hybridized carbons (Fsp3) is 0.381. The van der Waals surface area contributed by atoms with E-state index in [2.05, 4.69) is 10.3 Å². The Morgan fingerprint density at radius 3 is 2.79 bits per heavy atom. The van der Waals surface area contributed by atoms with Crippen LogP contribution < -0.4 is 10.1 Å². The molecule has 0 amide bonds. The first-order valence-corrected chi connectivity index (χ1v) is 8.89. The van der Waals surface area contributed by atoms with Gasteiger partial charge in [-0.2, -0.15) is 0 Å². The molecule has 1 heterocycles. The predicted molar refractivity (Wildman–Crippen MR) is 110 cm³/mol. The van der Waals surface area contributed by atoms with E-state index in [1.807, 2.05) is 11.5 Å². The number of fused-ring (bicyclic) bond motifs is 1.